The number of rotatable bonds is 1. The summed E-state index contributed by atoms with van der Waals surface area (Å²) in [6, 6.07) is 0. The minimum absolute atomic E-state index is 0.167. The lowest BCUT2D eigenvalue weighted by molar-refractivity contribution is -0.148. The van der Waals surface area contributed by atoms with Gasteiger partial charge < -0.3 is 5.11 Å². The van der Waals surface area contributed by atoms with E-state index in [0.29, 0.717) is 23.5 Å². The van der Waals surface area contributed by atoms with Crippen molar-refractivity contribution in [3.05, 3.63) is 0 Å². The molecule has 138 valence electrons. The molecular formula is C21H32N2O2. The number of Topliss-reactive ketones (excluding diaryl/α,β-unsaturated/α-hetero) is 1. The Kier molecular flexibility index (Phi) is 3.24. The topological polar surface area (TPSA) is 62.0 Å². The van der Waals surface area contributed by atoms with Gasteiger partial charge in [0.1, 0.15) is 5.78 Å². The molecule has 1 aliphatic heterocycles. The molecule has 4 nitrogen and oxygen atoms in total. The Labute approximate surface area is 150 Å². The quantitative estimate of drug-likeness (QED) is 0.768. The molecule has 4 heteroatoms. The Hall–Kier alpha value is -0.770. The molecule has 0 aromatic rings. The molecule has 1 N–H and O–H groups in total. The van der Waals surface area contributed by atoms with Crippen LogP contribution >= 0.6 is 0 Å². The third-order valence-electron chi connectivity index (χ3n) is 9.55. The normalized spacial score (nSPS) is 55.4. The molecule has 0 aromatic heterocycles. The van der Waals surface area contributed by atoms with E-state index in [0.717, 1.165) is 38.0 Å². The summed E-state index contributed by atoms with van der Waals surface area (Å²) in [7, 11) is 0. The van der Waals surface area contributed by atoms with Crippen LogP contribution in [0.15, 0.2) is 10.2 Å². The molecule has 5 rings (SSSR count). The molecule has 5 aliphatic rings. The van der Waals surface area contributed by atoms with Gasteiger partial charge in [-0.3, -0.25) is 4.79 Å². The minimum Gasteiger partial charge on any atom is -0.393 e. The molecule has 1 spiro atoms. The first-order valence-corrected chi connectivity index (χ1v) is 10.4. The van der Waals surface area contributed by atoms with Gasteiger partial charge in [0.15, 0.2) is 5.66 Å². The molecule has 4 fully saturated rings. The molecule has 0 bridgehead atoms. The second-order valence-electron chi connectivity index (χ2n) is 10.4. The van der Waals surface area contributed by atoms with Crippen LogP contribution in [0.25, 0.3) is 0 Å². The monoisotopic (exact) mass is 344 g/mol. The summed E-state index contributed by atoms with van der Waals surface area (Å²) in [4.78, 5) is 12.3. The molecule has 25 heavy (non-hydrogen) atoms. The number of carbonyl (C=O) groups is 1. The fraction of sp³-hybridized carbons (Fsp3) is 0.952. The van der Waals surface area contributed by atoms with Gasteiger partial charge in [-0.25, -0.2) is 0 Å². The van der Waals surface area contributed by atoms with Crippen molar-refractivity contribution >= 4 is 5.78 Å². The van der Waals surface area contributed by atoms with Crippen LogP contribution < -0.4 is 0 Å². The summed E-state index contributed by atoms with van der Waals surface area (Å²) in [5.74, 6) is 3.15. The highest BCUT2D eigenvalue weighted by Crippen LogP contribution is 2.71. The van der Waals surface area contributed by atoms with Crippen molar-refractivity contribution in [3.8, 4) is 0 Å². The van der Waals surface area contributed by atoms with Gasteiger partial charge in [0, 0.05) is 18.3 Å². The van der Waals surface area contributed by atoms with Gasteiger partial charge in [0.2, 0.25) is 0 Å². The summed E-state index contributed by atoms with van der Waals surface area (Å²) in [5.41, 5.74) is 0.269. The maximum Gasteiger partial charge on any atom is 0.194 e. The van der Waals surface area contributed by atoms with E-state index in [-0.39, 0.29) is 28.5 Å². The Balaban J connectivity index is 1.51. The van der Waals surface area contributed by atoms with Crippen LogP contribution in [0.3, 0.4) is 0 Å². The molecular weight excluding hydrogens is 312 g/mol. The first-order chi connectivity index (χ1) is 11.8. The van der Waals surface area contributed by atoms with Crippen molar-refractivity contribution in [1.82, 2.24) is 0 Å². The second kappa shape index (κ2) is 4.94. The van der Waals surface area contributed by atoms with Crippen molar-refractivity contribution < 1.29 is 9.90 Å². The lowest BCUT2D eigenvalue weighted by Crippen LogP contribution is -2.59. The number of aliphatic hydroxyl groups is 1. The third-order valence-corrected chi connectivity index (χ3v) is 9.55. The lowest BCUT2D eigenvalue weighted by Gasteiger charge is -2.61. The molecule has 0 aromatic carbocycles. The Morgan fingerprint density at radius 1 is 1.00 bits per heavy atom. The number of ketones is 1. The average Bonchev–Trinajstić information content (AvgIpc) is 3.22. The van der Waals surface area contributed by atoms with Crippen molar-refractivity contribution in [2.75, 3.05) is 0 Å². The Morgan fingerprint density at radius 3 is 2.36 bits per heavy atom. The molecule has 1 heterocycles. The molecule has 0 saturated heterocycles. The Morgan fingerprint density at radius 2 is 1.68 bits per heavy atom. The van der Waals surface area contributed by atoms with Gasteiger partial charge in [-0.15, -0.1) is 0 Å². The lowest BCUT2D eigenvalue weighted by atomic mass is 9.43. The van der Waals surface area contributed by atoms with Crippen LogP contribution in [-0.2, 0) is 4.79 Å². The largest absolute Gasteiger partial charge is 0.393 e. The first-order valence-electron chi connectivity index (χ1n) is 10.4. The summed E-state index contributed by atoms with van der Waals surface area (Å²) < 4.78 is 0. The van der Waals surface area contributed by atoms with Gasteiger partial charge in [0.25, 0.3) is 0 Å². The highest BCUT2D eigenvalue weighted by atomic mass is 16.3. The number of hydrogen-bond donors (Lipinski definition) is 1. The van der Waals surface area contributed by atoms with Gasteiger partial charge in [0.05, 0.1) is 6.10 Å². The van der Waals surface area contributed by atoms with Crippen molar-refractivity contribution in [2.45, 2.75) is 83.9 Å². The van der Waals surface area contributed by atoms with Gasteiger partial charge >= 0.3 is 0 Å². The van der Waals surface area contributed by atoms with Crippen LogP contribution in [0.4, 0.5) is 0 Å². The van der Waals surface area contributed by atoms with Gasteiger partial charge in [-0.2, -0.15) is 10.2 Å². The van der Waals surface area contributed by atoms with E-state index in [4.69, 9.17) is 0 Å². The van der Waals surface area contributed by atoms with Crippen LogP contribution in [-0.4, -0.2) is 22.7 Å². The maximum atomic E-state index is 12.3. The predicted molar refractivity (Wildman–Crippen MR) is 94.9 cm³/mol. The molecule has 0 amide bonds. The summed E-state index contributed by atoms with van der Waals surface area (Å²) in [6.07, 6.45) is 8.59. The fourth-order valence-corrected chi connectivity index (χ4v) is 8.30. The van der Waals surface area contributed by atoms with E-state index in [2.05, 4.69) is 24.1 Å². The molecule has 4 saturated carbocycles. The smallest absolute Gasteiger partial charge is 0.194 e. The number of hydrogen-bond acceptors (Lipinski definition) is 4. The van der Waals surface area contributed by atoms with Gasteiger partial charge in [-0.1, -0.05) is 13.8 Å². The highest BCUT2D eigenvalue weighted by Gasteiger charge is 2.69. The summed E-state index contributed by atoms with van der Waals surface area (Å²) >= 11 is 0. The van der Waals surface area contributed by atoms with Crippen molar-refractivity contribution in [1.29, 1.82) is 0 Å². The van der Waals surface area contributed by atoms with Crippen molar-refractivity contribution in [2.24, 2.45) is 50.6 Å². The first kappa shape index (κ1) is 16.4. The van der Waals surface area contributed by atoms with E-state index < -0.39 is 0 Å². The fourth-order valence-electron chi connectivity index (χ4n) is 8.30. The molecule has 8 atom stereocenters. The van der Waals surface area contributed by atoms with Gasteiger partial charge in [-0.05, 0) is 80.5 Å². The van der Waals surface area contributed by atoms with Crippen molar-refractivity contribution in [3.63, 3.8) is 0 Å². The highest BCUT2D eigenvalue weighted by molar-refractivity contribution is 5.79. The third kappa shape index (κ3) is 2.01. The zero-order valence-electron chi connectivity index (χ0n) is 15.9. The minimum atomic E-state index is -0.191. The van der Waals surface area contributed by atoms with Crippen LogP contribution in [0.2, 0.25) is 0 Å². The van der Waals surface area contributed by atoms with E-state index in [1.54, 1.807) is 6.92 Å². The molecule has 0 radical (unpaired) electrons. The van der Waals surface area contributed by atoms with E-state index in [1.165, 1.54) is 19.3 Å². The zero-order valence-corrected chi connectivity index (χ0v) is 15.9. The number of fused-ring (bicyclic) bond motifs is 6. The standard InChI is InChI=1S/C21H32N2O2/c1-12(24)15-4-5-16-14-11-21(22-23-21)18-10-13(25)6-8-20(18,3)17(14)7-9-19(15,16)2/h13-18,25H,4-11H2,1-3H3/t13-,14+,15-,16+,17+,18-,19-,20-/m1/s1. The van der Waals surface area contributed by atoms with E-state index >= 15 is 0 Å². The molecule has 0 unspecified atom stereocenters. The van der Waals surface area contributed by atoms with E-state index in [9.17, 15) is 9.90 Å². The number of aliphatic hydroxyl groups excluding tert-OH is 1. The molecule has 4 aliphatic carbocycles. The van der Waals surface area contributed by atoms with Crippen LogP contribution in [0, 0.1) is 40.4 Å². The van der Waals surface area contributed by atoms with Crippen LogP contribution in [0.5, 0.6) is 0 Å². The SMILES string of the molecule is CC(=O)[C@H]1CC[C@H]2[C@@H]3CC4(N=N4)[C@@H]4C[C@H](O)CC[C@]4(C)[C@H]3CC[C@]12C. The van der Waals surface area contributed by atoms with E-state index in [1.807, 2.05) is 0 Å². The number of nitrogens with zero attached hydrogens (tertiary/aromatic N) is 2. The maximum absolute atomic E-state index is 12.3. The predicted octanol–water partition coefficient (Wildman–Crippen LogP) is 4.37. The number of carbonyl (C=O) groups excluding carboxylic acids is 1. The Bertz CT molecular complexity index is 640. The summed E-state index contributed by atoms with van der Waals surface area (Å²) in [6.45, 7) is 6.68. The van der Waals surface area contributed by atoms with Crippen LogP contribution in [0.1, 0.15) is 72.1 Å². The summed E-state index contributed by atoms with van der Waals surface area (Å²) in [5, 5.41) is 19.5. The zero-order chi connectivity index (χ0) is 17.6. The second-order valence-corrected chi connectivity index (χ2v) is 10.4. The average molecular weight is 344 g/mol.